The van der Waals surface area contributed by atoms with Crippen LogP contribution >= 0.6 is 0 Å². The van der Waals surface area contributed by atoms with Crippen molar-refractivity contribution in [3.63, 3.8) is 0 Å². The Morgan fingerprint density at radius 2 is 2.04 bits per heavy atom. The van der Waals surface area contributed by atoms with Crippen molar-refractivity contribution in [2.24, 2.45) is 0 Å². The van der Waals surface area contributed by atoms with E-state index in [0.29, 0.717) is 12.1 Å². The Bertz CT molecular complexity index is 746. The molecule has 0 bridgehead atoms. The highest BCUT2D eigenvalue weighted by atomic mass is 16.6. The topological polar surface area (TPSA) is 72.7 Å². The molecule has 2 aromatic carbocycles. The Morgan fingerprint density at radius 1 is 1.30 bits per heavy atom. The molecule has 23 heavy (non-hydrogen) atoms. The normalized spacial score (nSPS) is 16.0. The van der Waals surface area contributed by atoms with Gasteiger partial charge in [-0.2, -0.15) is 0 Å². The summed E-state index contributed by atoms with van der Waals surface area (Å²) in [7, 11) is 0. The lowest BCUT2D eigenvalue weighted by Crippen LogP contribution is -2.36. The first-order valence-electron chi connectivity index (χ1n) is 7.33. The van der Waals surface area contributed by atoms with Gasteiger partial charge in [0.2, 0.25) is 0 Å². The number of amides is 1. The number of benzene rings is 2. The zero-order valence-corrected chi connectivity index (χ0v) is 12.6. The second-order valence-corrected chi connectivity index (χ2v) is 5.53. The van der Waals surface area contributed by atoms with E-state index in [1.54, 1.807) is 11.0 Å². The van der Waals surface area contributed by atoms with E-state index in [1.165, 1.54) is 12.1 Å². The van der Waals surface area contributed by atoms with E-state index in [1.807, 2.05) is 37.3 Å². The van der Waals surface area contributed by atoms with Gasteiger partial charge in [0, 0.05) is 18.2 Å². The number of rotatable bonds is 3. The first-order valence-corrected chi connectivity index (χ1v) is 7.33. The van der Waals surface area contributed by atoms with Gasteiger partial charge in [0.05, 0.1) is 10.6 Å². The molecule has 1 amide bonds. The van der Waals surface area contributed by atoms with E-state index in [0.717, 1.165) is 11.1 Å². The Labute approximate surface area is 133 Å². The Kier molecular flexibility index (Phi) is 3.97. The minimum absolute atomic E-state index is 0.0375. The molecule has 1 aliphatic rings. The van der Waals surface area contributed by atoms with Gasteiger partial charge in [0.15, 0.2) is 0 Å². The van der Waals surface area contributed by atoms with Crippen LogP contribution in [0, 0.1) is 10.1 Å². The SMILES string of the molecule is CC1Cc2cc([N+](=O)[O-])ccc2N1C(=O)OCc1ccccc1. The summed E-state index contributed by atoms with van der Waals surface area (Å²) >= 11 is 0. The zero-order chi connectivity index (χ0) is 16.4. The van der Waals surface area contributed by atoms with E-state index in [9.17, 15) is 14.9 Å². The fraction of sp³-hybridized carbons (Fsp3) is 0.235. The number of hydrogen-bond donors (Lipinski definition) is 0. The van der Waals surface area contributed by atoms with Crippen LogP contribution in [-0.4, -0.2) is 17.1 Å². The smallest absolute Gasteiger partial charge is 0.414 e. The molecule has 0 radical (unpaired) electrons. The highest BCUT2D eigenvalue weighted by molar-refractivity contribution is 5.91. The first kappa shape index (κ1) is 15.0. The third-order valence-electron chi connectivity index (χ3n) is 3.89. The summed E-state index contributed by atoms with van der Waals surface area (Å²) in [6.45, 7) is 2.10. The molecule has 0 saturated carbocycles. The monoisotopic (exact) mass is 312 g/mol. The molecular formula is C17H16N2O4. The number of ether oxygens (including phenoxy) is 1. The van der Waals surface area contributed by atoms with Crippen molar-refractivity contribution in [3.8, 4) is 0 Å². The predicted molar refractivity (Wildman–Crippen MR) is 85.4 cm³/mol. The number of hydrogen-bond acceptors (Lipinski definition) is 4. The van der Waals surface area contributed by atoms with Crippen LogP contribution < -0.4 is 4.90 Å². The Balaban J connectivity index is 1.76. The van der Waals surface area contributed by atoms with Crippen molar-refractivity contribution in [3.05, 3.63) is 69.8 Å². The lowest BCUT2D eigenvalue weighted by atomic mass is 10.1. The maximum Gasteiger partial charge on any atom is 0.414 e. The van der Waals surface area contributed by atoms with Gasteiger partial charge in [-0.15, -0.1) is 0 Å². The van der Waals surface area contributed by atoms with Gasteiger partial charge in [-0.1, -0.05) is 30.3 Å². The second-order valence-electron chi connectivity index (χ2n) is 5.53. The largest absolute Gasteiger partial charge is 0.444 e. The van der Waals surface area contributed by atoms with E-state index >= 15 is 0 Å². The number of fused-ring (bicyclic) bond motifs is 1. The maximum atomic E-state index is 12.4. The van der Waals surface area contributed by atoms with Crippen LogP contribution in [0.2, 0.25) is 0 Å². The van der Waals surface area contributed by atoms with Crippen molar-refractivity contribution in [1.29, 1.82) is 0 Å². The third kappa shape index (κ3) is 3.01. The Hall–Kier alpha value is -2.89. The number of nitro groups is 1. The van der Waals surface area contributed by atoms with Gasteiger partial charge in [0.25, 0.3) is 5.69 Å². The van der Waals surface area contributed by atoms with Gasteiger partial charge in [0.1, 0.15) is 6.61 Å². The predicted octanol–water partition coefficient (Wildman–Crippen LogP) is 3.68. The molecule has 118 valence electrons. The number of carbonyl (C=O) groups excluding carboxylic acids is 1. The highest BCUT2D eigenvalue weighted by Gasteiger charge is 2.33. The molecule has 6 heteroatoms. The average molecular weight is 312 g/mol. The minimum atomic E-state index is -0.436. The molecule has 0 N–H and O–H groups in total. The van der Waals surface area contributed by atoms with Crippen molar-refractivity contribution in [2.75, 3.05) is 4.90 Å². The first-order chi connectivity index (χ1) is 11.1. The average Bonchev–Trinajstić information content (AvgIpc) is 2.88. The molecule has 0 spiro atoms. The zero-order valence-electron chi connectivity index (χ0n) is 12.6. The molecule has 1 heterocycles. The molecular weight excluding hydrogens is 296 g/mol. The van der Waals surface area contributed by atoms with Gasteiger partial charge in [-0.3, -0.25) is 15.0 Å². The molecule has 3 rings (SSSR count). The van der Waals surface area contributed by atoms with Crippen molar-refractivity contribution >= 4 is 17.5 Å². The van der Waals surface area contributed by atoms with E-state index in [4.69, 9.17) is 4.74 Å². The standard InChI is InChI=1S/C17H16N2O4/c1-12-9-14-10-15(19(21)22)7-8-16(14)18(12)17(20)23-11-13-5-3-2-4-6-13/h2-8,10,12H,9,11H2,1H3. The van der Waals surface area contributed by atoms with Gasteiger partial charge in [-0.05, 0) is 30.5 Å². The van der Waals surface area contributed by atoms with Crippen molar-refractivity contribution < 1.29 is 14.5 Å². The minimum Gasteiger partial charge on any atom is -0.444 e. The number of non-ortho nitro benzene ring substituents is 1. The van der Waals surface area contributed by atoms with Crippen LogP contribution in [0.3, 0.4) is 0 Å². The second kappa shape index (κ2) is 6.08. The molecule has 2 aromatic rings. The lowest BCUT2D eigenvalue weighted by molar-refractivity contribution is -0.384. The van der Waals surface area contributed by atoms with Crippen LogP contribution in [0.4, 0.5) is 16.2 Å². The molecule has 0 saturated heterocycles. The van der Waals surface area contributed by atoms with Crippen molar-refractivity contribution in [2.45, 2.75) is 26.0 Å². The number of anilines is 1. The van der Waals surface area contributed by atoms with Gasteiger partial charge < -0.3 is 4.74 Å². The lowest BCUT2D eigenvalue weighted by Gasteiger charge is -2.22. The fourth-order valence-corrected chi connectivity index (χ4v) is 2.80. The summed E-state index contributed by atoms with van der Waals surface area (Å²) < 4.78 is 5.37. The van der Waals surface area contributed by atoms with Crippen LogP contribution in [0.15, 0.2) is 48.5 Å². The summed E-state index contributed by atoms with van der Waals surface area (Å²) in [5.41, 5.74) is 2.43. The van der Waals surface area contributed by atoms with Gasteiger partial charge >= 0.3 is 6.09 Å². The molecule has 1 unspecified atom stereocenters. The van der Waals surface area contributed by atoms with Crippen LogP contribution in [0.5, 0.6) is 0 Å². The Morgan fingerprint density at radius 3 is 2.74 bits per heavy atom. The van der Waals surface area contributed by atoms with Crippen LogP contribution in [-0.2, 0) is 17.8 Å². The summed E-state index contributed by atoms with van der Waals surface area (Å²) in [6, 6.07) is 13.9. The summed E-state index contributed by atoms with van der Waals surface area (Å²) in [4.78, 5) is 24.4. The van der Waals surface area contributed by atoms with E-state index < -0.39 is 11.0 Å². The summed E-state index contributed by atoms with van der Waals surface area (Å²) in [5, 5.41) is 10.9. The van der Waals surface area contributed by atoms with E-state index in [2.05, 4.69) is 0 Å². The maximum absolute atomic E-state index is 12.4. The molecule has 6 nitrogen and oxygen atoms in total. The molecule has 0 aromatic heterocycles. The number of nitro benzene ring substituents is 1. The van der Waals surface area contributed by atoms with E-state index in [-0.39, 0.29) is 18.3 Å². The molecule has 0 aliphatic carbocycles. The van der Waals surface area contributed by atoms with Gasteiger partial charge in [-0.25, -0.2) is 4.79 Å². The quantitative estimate of drug-likeness (QED) is 0.640. The number of carbonyl (C=O) groups is 1. The number of nitrogens with zero attached hydrogens (tertiary/aromatic N) is 2. The highest BCUT2D eigenvalue weighted by Crippen LogP contribution is 2.35. The fourth-order valence-electron chi connectivity index (χ4n) is 2.80. The molecule has 0 fully saturated rings. The third-order valence-corrected chi connectivity index (χ3v) is 3.89. The van der Waals surface area contributed by atoms with Crippen molar-refractivity contribution in [1.82, 2.24) is 0 Å². The van der Waals surface area contributed by atoms with Crippen LogP contribution in [0.1, 0.15) is 18.1 Å². The summed E-state index contributed by atoms with van der Waals surface area (Å²) in [5.74, 6) is 0. The summed E-state index contributed by atoms with van der Waals surface area (Å²) in [6.07, 6.45) is 0.145. The van der Waals surface area contributed by atoms with Crippen LogP contribution in [0.25, 0.3) is 0 Å². The molecule has 1 aliphatic heterocycles. The molecule has 1 atom stereocenters.